The van der Waals surface area contributed by atoms with Crippen LogP contribution in [0.15, 0.2) is 36.5 Å². The van der Waals surface area contributed by atoms with Crippen LogP contribution < -0.4 is 5.32 Å². The van der Waals surface area contributed by atoms with Crippen molar-refractivity contribution in [2.75, 3.05) is 13.2 Å². The van der Waals surface area contributed by atoms with Crippen molar-refractivity contribution in [1.29, 1.82) is 0 Å². The van der Waals surface area contributed by atoms with Gasteiger partial charge in [0.05, 0.1) is 25.4 Å². The van der Waals surface area contributed by atoms with Crippen LogP contribution in [-0.2, 0) is 14.3 Å². The van der Waals surface area contributed by atoms with Gasteiger partial charge in [-0.25, -0.2) is 0 Å². The summed E-state index contributed by atoms with van der Waals surface area (Å²) in [5.41, 5.74) is 0. The lowest BCUT2D eigenvalue weighted by Gasteiger charge is -2.20. The van der Waals surface area contributed by atoms with E-state index in [2.05, 4.69) is 43.5 Å². The van der Waals surface area contributed by atoms with E-state index in [0.717, 1.165) is 70.6 Å². The van der Waals surface area contributed by atoms with Crippen molar-refractivity contribution < 1.29 is 24.5 Å². The SMILES string of the molecule is CCC/C=C\C/C=C\CCCCCCCC(=O)OCCCCCCCCCCCC(=O)NC(CO)C(O)/C=C/CCCCCCCCCC. The number of ether oxygens (including phenoxy) is 1. The minimum absolute atomic E-state index is 0.0445. The average molecular weight is 690 g/mol. The molecule has 0 spiro atoms. The van der Waals surface area contributed by atoms with Crippen LogP contribution in [0.4, 0.5) is 0 Å². The quantitative estimate of drug-likeness (QED) is 0.0343. The molecule has 0 aliphatic carbocycles. The molecule has 0 aromatic rings. The van der Waals surface area contributed by atoms with Gasteiger partial charge in [0.2, 0.25) is 5.91 Å². The number of allylic oxidation sites excluding steroid dienone is 5. The van der Waals surface area contributed by atoms with Gasteiger partial charge in [-0.05, 0) is 57.8 Å². The van der Waals surface area contributed by atoms with Crippen molar-refractivity contribution in [2.45, 2.75) is 212 Å². The van der Waals surface area contributed by atoms with Crippen LogP contribution in [0.3, 0.4) is 0 Å². The molecule has 0 bridgehead atoms. The number of nitrogens with one attached hydrogen (secondary N) is 1. The molecule has 0 aromatic heterocycles. The van der Waals surface area contributed by atoms with Crippen molar-refractivity contribution in [3.63, 3.8) is 0 Å². The Labute approximate surface area is 303 Å². The predicted molar refractivity (Wildman–Crippen MR) is 209 cm³/mol. The van der Waals surface area contributed by atoms with Gasteiger partial charge in [0.25, 0.3) is 0 Å². The Morgan fingerprint density at radius 2 is 1.06 bits per heavy atom. The van der Waals surface area contributed by atoms with Gasteiger partial charge < -0.3 is 20.3 Å². The molecule has 2 unspecified atom stereocenters. The molecule has 0 radical (unpaired) electrons. The Bertz CT molecular complexity index is 808. The second-order valence-corrected chi connectivity index (χ2v) is 14.0. The highest BCUT2D eigenvalue weighted by molar-refractivity contribution is 5.76. The van der Waals surface area contributed by atoms with Crippen LogP contribution in [0, 0.1) is 0 Å². The molecule has 0 saturated heterocycles. The molecule has 0 rings (SSSR count). The van der Waals surface area contributed by atoms with E-state index in [1.165, 1.54) is 103 Å². The molecule has 286 valence electrons. The zero-order valence-corrected chi connectivity index (χ0v) is 32.2. The molecule has 0 saturated carbocycles. The first kappa shape index (κ1) is 47.1. The first-order chi connectivity index (χ1) is 24.0. The zero-order valence-electron chi connectivity index (χ0n) is 32.2. The van der Waals surface area contributed by atoms with Crippen LogP contribution in [0.2, 0.25) is 0 Å². The summed E-state index contributed by atoms with van der Waals surface area (Å²) in [5, 5.41) is 22.8. The Morgan fingerprint density at radius 1 is 0.571 bits per heavy atom. The maximum Gasteiger partial charge on any atom is 0.305 e. The third-order valence-corrected chi connectivity index (χ3v) is 9.14. The first-order valence-corrected chi connectivity index (χ1v) is 20.8. The fourth-order valence-corrected chi connectivity index (χ4v) is 5.90. The second kappa shape index (κ2) is 38.9. The van der Waals surface area contributed by atoms with Gasteiger partial charge in [0, 0.05) is 12.8 Å². The van der Waals surface area contributed by atoms with Crippen LogP contribution in [-0.4, -0.2) is 47.4 Å². The molecule has 6 heteroatoms. The summed E-state index contributed by atoms with van der Waals surface area (Å²) in [5.74, 6) is -0.146. The number of hydrogen-bond donors (Lipinski definition) is 3. The summed E-state index contributed by atoms with van der Waals surface area (Å²) >= 11 is 0. The number of esters is 1. The van der Waals surface area contributed by atoms with Crippen molar-refractivity contribution in [3.05, 3.63) is 36.5 Å². The van der Waals surface area contributed by atoms with Crippen molar-refractivity contribution in [2.24, 2.45) is 0 Å². The molecule has 1 amide bonds. The number of unbranched alkanes of at least 4 members (excludes halogenated alkanes) is 22. The molecule has 0 fully saturated rings. The molecule has 49 heavy (non-hydrogen) atoms. The van der Waals surface area contributed by atoms with E-state index in [0.29, 0.717) is 19.4 Å². The molecule has 0 aliphatic rings. The summed E-state index contributed by atoms with van der Waals surface area (Å²) in [6, 6.07) is -0.647. The third-order valence-electron chi connectivity index (χ3n) is 9.14. The van der Waals surface area contributed by atoms with Crippen LogP contribution in [0.1, 0.15) is 200 Å². The van der Waals surface area contributed by atoms with Gasteiger partial charge in [0.1, 0.15) is 0 Å². The number of aliphatic hydroxyl groups is 2. The topological polar surface area (TPSA) is 95.9 Å². The van der Waals surface area contributed by atoms with Gasteiger partial charge in [-0.2, -0.15) is 0 Å². The van der Waals surface area contributed by atoms with E-state index < -0.39 is 12.1 Å². The summed E-state index contributed by atoms with van der Waals surface area (Å²) < 4.78 is 5.41. The number of carbonyl (C=O) groups excluding carboxylic acids is 2. The van der Waals surface area contributed by atoms with Crippen molar-refractivity contribution >= 4 is 11.9 Å². The smallest absolute Gasteiger partial charge is 0.305 e. The molecule has 0 aromatic carbocycles. The van der Waals surface area contributed by atoms with Crippen LogP contribution in [0.25, 0.3) is 0 Å². The molecule has 0 aliphatic heterocycles. The third kappa shape index (κ3) is 35.7. The Kier molecular flexibility index (Phi) is 37.4. The van der Waals surface area contributed by atoms with E-state index in [1.54, 1.807) is 6.08 Å². The maximum atomic E-state index is 12.3. The van der Waals surface area contributed by atoms with Gasteiger partial charge in [0.15, 0.2) is 0 Å². The molecule has 2 atom stereocenters. The van der Waals surface area contributed by atoms with E-state index in [1.807, 2.05) is 6.08 Å². The molecule has 6 nitrogen and oxygen atoms in total. The highest BCUT2D eigenvalue weighted by Crippen LogP contribution is 2.13. The van der Waals surface area contributed by atoms with E-state index in [9.17, 15) is 19.8 Å². The minimum atomic E-state index is -0.860. The predicted octanol–water partition coefficient (Wildman–Crippen LogP) is 11.4. The number of rotatable bonds is 37. The molecular formula is C43H79NO5. The highest BCUT2D eigenvalue weighted by Gasteiger charge is 2.18. The van der Waals surface area contributed by atoms with E-state index in [4.69, 9.17) is 4.74 Å². The van der Waals surface area contributed by atoms with Crippen LogP contribution >= 0.6 is 0 Å². The standard InChI is InChI=1S/C43H79NO5/c1-3-5-7-9-11-13-15-16-17-21-25-29-33-37-43(48)49-38-34-30-26-22-18-20-24-28-32-36-42(47)44-40(39-45)41(46)35-31-27-23-19-14-12-10-8-6-4-2/h7,9,13,15,31,35,40-41,45-46H,3-6,8,10-12,14,16-30,32-34,36-39H2,1-2H3,(H,44,47)/b9-7-,15-13-,35-31+. The average Bonchev–Trinajstić information content (AvgIpc) is 3.10. The lowest BCUT2D eigenvalue weighted by Crippen LogP contribution is -2.45. The van der Waals surface area contributed by atoms with Crippen molar-refractivity contribution in [1.82, 2.24) is 5.32 Å². The summed E-state index contributed by atoms with van der Waals surface area (Å²) in [7, 11) is 0. The highest BCUT2D eigenvalue weighted by atomic mass is 16.5. The monoisotopic (exact) mass is 690 g/mol. The Hall–Kier alpha value is -1.92. The Balaban J connectivity index is 3.56. The van der Waals surface area contributed by atoms with Crippen LogP contribution in [0.5, 0.6) is 0 Å². The summed E-state index contributed by atoms with van der Waals surface area (Å²) in [6.45, 7) is 4.72. The number of amides is 1. The minimum Gasteiger partial charge on any atom is -0.466 e. The van der Waals surface area contributed by atoms with Gasteiger partial charge in [-0.15, -0.1) is 0 Å². The normalized spacial score (nSPS) is 13.1. The fourth-order valence-electron chi connectivity index (χ4n) is 5.90. The maximum absolute atomic E-state index is 12.3. The molecule has 0 heterocycles. The van der Waals surface area contributed by atoms with E-state index >= 15 is 0 Å². The zero-order chi connectivity index (χ0) is 35.9. The number of hydrogen-bond acceptors (Lipinski definition) is 5. The lowest BCUT2D eigenvalue weighted by molar-refractivity contribution is -0.143. The summed E-state index contributed by atoms with van der Waals surface area (Å²) in [6.07, 6.45) is 44.0. The largest absolute Gasteiger partial charge is 0.466 e. The lowest BCUT2D eigenvalue weighted by atomic mass is 10.1. The first-order valence-electron chi connectivity index (χ1n) is 20.8. The van der Waals surface area contributed by atoms with Gasteiger partial charge in [-0.3, -0.25) is 9.59 Å². The van der Waals surface area contributed by atoms with Crippen molar-refractivity contribution in [3.8, 4) is 0 Å². The molecule has 3 N–H and O–H groups in total. The second-order valence-electron chi connectivity index (χ2n) is 14.0. The Morgan fingerprint density at radius 3 is 1.63 bits per heavy atom. The van der Waals surface area contributed by atoms with Gasteiger partial charge in [-0.1, -0.05) is 166 Å². The summed E-state index contributed by atoms with van der Waals surface area (Å²) in [4.78, 5) is 24.3. The van der Waals surface area contributed by atoms with Gasteiger partial charge >= 0.3 is 5.97 Å². The van der Waals surface area contributed by atoms with E-state index in [-0.39, 0.29) is 18.5 Å². The molecular weight excluding hydrogens is 610 g/mol. The number of carbonyl (C=O) groups is 2. The number of aliphatic hydroxyl groups excluding tert-OH is 2. The fraction of sp³-hybridized carbons (Fsp3) is 0.814.